The molecule has 0 heterocycles. The molecule has 20 heavy (non-hydrogen) atoms. The molecule has 1 rings (SSSR count). The Hall–Kier alpha value is -1.17. The van der Waals surface area contributed by atoms with Crippen molar-refractivity contribution in [3.63, 3.8) is 0 Å². The number of halogens is 5. The number of alkyl halides is 5. The van der Waals surface area contributed by atoms with Crippen LogP contribution < -0.4 is 5.73 Å². The summed E-state index contributed by atoms with van der Waals surface area (Å²) in [7, 11) is 0. The van der Waals surface area contributed by atoms with Crippen molar-refractivity contribution in [3.05, 3.63) is 33.4 Å². The Morgan fingerprint density at radius 3 is 1.30 bits per heavy atom. The van der Waals surface area contributed by atoms with Crippen LogP contribution in [0.4, 0.5) is 22.0 Å². The fourth-order valence-electron chi connectivity index (χ4n) is 2.35. The van der Waals surface area contributed by atoms with Gasteiger partial charge in [-0.15, -0.1) is 0 Å². The molecule has 0 bridgehead atoms. The van der Waals surface area contributed by atoms with Crippen molar-refractivity contribution in [1.29, 1.82) is 0 Å². The first-order valence-corrected chi connectivity index (χ1v) is 6.11. The van der Waals surface area contributed by atoms with Crippen molar-refractivity contribution < 1.29 is 22.0 Å². The van der Waals surface area contributed by atoms with Crippen LogP contribution in [0.25, 0.3) is 0 Å². The van der Waals surface area contributed by atoms with Gasteiger partial charge in [0.05, 0.1) is 0 Å². The van der Waals surface area contributed by atoms with Crippen molar-refractivity contribution >= 4 is 0 Å². The molecule has 0 amide bonds. The van der Waals surface area contributed by atoms with Crippen molar-refractivity contribution in [2.45, 2.75) is 52.8 Å². The minimum atomic E-state index is -5.67. The van der Waals surface area contributed by atoms with E-state index in [-0.39, 0.29) is 5.56 Å². The zero-order valence-electron chi connectivity index (χ0n) is 12.0. The molecule has 1 nitrogen and oxygen atoms in total. The fraction of sp³-hybridized carbons (Fsp3) is 0.571. The standard InChI is InChI=1S/C14H18F5N/c1-6-7(2)9(4)11(10(5)8(6)3)12(20)13(15,16)14(17,18)19/h12H,20H2,1-5H3/t12-/m1/s1. The van der Waals surface area contributed by atoms with E-state index in [4.69, 9.17) is 5.73 Å². The van der Waals surface area contributed by atoms with Gasteiger partial charge in [-0.3, -0.25) is 0 Å². The first-order valence-electron chi connectivity index (χ1n) is 6.11. The highest BCUT2D eigenvalue weighted by atomic mass is 19.4. The van der Waals surface area contributed by atoms with Crippen molar-refractivity contribution in [1.82, 2.24) is 0 Å². The van der Waals surface area contributed by atoms with Crippen molar-refractivity contribution in [3.8, 4) is 0 Å². The normalized spacial score (nSPS) is 14.6. The van der Waals surface area contributed by atoms with Gasteiger partial charge in [0.1, 0.15) is 6.04 Å². The summed E-state index contributed by atoms with van der Waals surface area (Å²) in [5.74, 6) is -4.96. The van der Waals surface area contributed by atoms with Gasteiger partial charge in [-0.1, -0.05) is 0 Å². The summed E-state index contributed by atoms with van der Waals surface area (Å²) >= 11 is 0. The molecule has 0 saturated heterocycles. The highest BCUT2D eigenvalue weighted by molar-refractivity contribution is 5.51. The summed E-state index contributed by atoms with van der Waals surface area (Å²) < 4.78 is 64.4. The molecule has 1 aromatic carbocycles. The Balaban J connectivity index is 3.57. The molecule has 0 saturated carbocycles. The Labute approximate surface area is 115 Å². The summed E-state index contributed by atoms with van der Waals surface area (Å²) in [6, 6.07) is -2.40. The van der Waals surface area contributed by atoms with Gasteiger partial charge in [-0.05, 0) is 68.0 Å². The predicted octanol–water partition coefficient (Wildman–Crippen LogP) is 4.43. The first-order chi connectivity index (χ1) is 8.84. The summed E-state index contributed by atoms with van der Waals surface area (Å²) in [4.78, 5) is 0. The lowest BCUT2D eigenvalue weighted by atomic mass is 9.84. The molecule has 114 valence electrons. The zero-order chi connectivity index (χ0) is 16.0. The molecule has 0 spiro atoms. The second kappa shape index (κ2) is 4.98. The van der Waals surface area contributed by atoms with Gasteiger partial charge in [0, 0.05) is 0 Å². The van der Waals surface area contributed by atoms with Crippen LogP contribution in [0.2, 0.25) is 0 Å². The third kappa shape index (κ3) is 2.41. The highest BCUT2D eigenvalue weighted by Gasteiger charge is 2.62. The number of rotatable bonds is 2. The summed E-state index contributed by atoms with van der Waals surface area (Å²) in [5, 5.41) is 0. The van der Waals surface area contributed by atoms with Crippen molar-refractivity contribution in [2.75, 3.05) is 0 Å². The average molecular weight is 295 g/mol. The van der Waals surface area contributed by atoms with Crippen LogP contribution in [0.3, 0.4) is 0 Å². The first kappa shape index (κ1) is 16.9. The third-order valence-electron chi connectivity index (χ3n) is 4.14. The van der Waals surface area contributed by atoms with Gasteiger partial charge in [0.2, 0.25) is 0 Å². The van der Waals surface area contributed by atoms with Crippen molar-refractivity contribution in [2.24, 2.45) is 5.73 Å². The molecule has 2 N–H and O–H groups in total. The van der Waals surface area contributed by atoms with Gasteiger partial charge in [-0.25, -0.2) is 0 Å². The topological polar surface area (TPSA) is 26.0 Å². The van der Waals surface area contributed by atoms with Crippen LogP contribution in [0.1, 0.15) is 39.4 Å². The monoisotopic (exact) mass is 295 g/mol. The van der Waals surface area contributed by atoms with Gasteiger partial charge < -0.3 is 5.73 Å². The molecular formula is C14H18F5N. The lowest BCUT2D eigenvalue weighted by Gasteiger charge is -2.30. The molecule has 1 aromatic rings. The molecular weight excluding hydrogens is 277 g/mol. The molecule has 0 radical (unpaired) electrons. The van der Waals surface area contributed by atoms with E-state index in [0.29, 0.717) is 22.3 Å². The Morgan fingerprint density at radius 1 is 0.700 bits per heavy atom. The smallest absolute Gasteiger partial charge is 0.319 e. The zero-order valence-corrected chi connectivity index (χ0v) is 12.0. The number of benzene rings is 1. The SMILES string of the molecule is Cc1c(C)c(C)c([C@@H](N)C(F)(F)C(F)(F)F)c(C)c1C. The maximum absolute atomic E-state index is 13.5. The molecule has 0 unspecified atom stereocenters. The second-order valence-electron chi connectivity index (χ2n) is 5.14. The average Bonchev–Trinajstić information content (AvgIpc) is 2.32. The van der Waals surface area contributed by atoms with Gasteiger partial charge in [0.15, 0.2) is 0 Å². The maximum atomic E-state index is 13.5. The third-order valence-corrected chi connectivity index (χ3v) is 4.14. The summed E-state index contributed by atoms with van der Waals surface area (Å²) in [6.07, 6.45) is -5.67. The Bertz CT molecular complexity index is 502. The van der Waals surface area contributed by atoms with Crippen LogP contribution in [0, 0.1) is 34.6 Å². The van der Waals surface area contributed by atoms with Gasteiger partial charge in [0.25, 0.3) is 0 Å². The predicted molar refractivity (Wildman–Crippen MR) is 68.1 cm³/mol. The second-order valence-corrected chi connectivity index (χ2v) is 5.14. The molecule has 0 aliphatic heterocycles. The molecule has 0 fully saturated rings. The Morgan fingerprint density at radius 2 is 1.00 bits per heavy atom. The van der Waals surface area contributed by atoms with E-state index >= 15 is 0 Å². The lowest BCUT2D eigenvalue weighted by Crippen LogP contribution is -2.46. The molecule has 0 aliphatic rings. The van der Waals surface area contributed by atoms with Gasteiger partial charge in [-0.2, -0.15) is 22.0 Å². The van der Waals surface area contributed by atoms with E-state index in [9.17, 15) is 22.0 Å². The van der Waals surface area contributed by atoms with E-state index in [0.717, 1.165) is 5.56 Å². The number of nitrogens with two attached hydrogens (primary N) is 1. The molecule has 1 atom stereocenters. The van der Waals surface area contributed by atoms with Crippen LogP contribution in [0.15, 0.2) is 0 Å². The molecule has 6 heteroatoms. The van der Waals surface area contributed by atoms with Crippen LogP contribution >= 0.6 is 0 Å². The van der Waals surface area contributed by atoms with E-state index in [1.54, 1.807) is 13.8 Å². The van der Waals surface area contributed by atoms with Crippen LogP contribution in [-0.4, -0.2) is 12.1 Å². The molecule has 0 aromatic heterocycles. The lowest BCUT2D eigenvalue weighted by molar-refractivity contribution is -0.291. The van der Waals surface area contributed by atoms with Gasteiger partial charge >= 0.3 is 12.1 Å². The van der Waals surface area contributed by atoms with Crippen LogP contribution in [-0.2, 0) is 0 Å². The van der Waals surface area contributed by atoms with E-state index in [2.05, 4.69) is 0 Å². The van der Waals surface area contributed by atoms with E-state index < -0.39 is 18.1 Å². The van der Waals surface area contributed by atoms with E-state index in [1.165, 1.54) is 13.8 Å². The number of hydrogen-bond acceptors (Lipinski definition) is 1. The maximum Gasteiger partial charge on any atom is 0.455 e. The minimum absolute atomic E-state index is 0.118. The largest absolute Gasteiger partial charge is 0.455 e. The fourth-order valence-corrected chi connectivity index (χ4v) is 2.35. The summed E-state index contributed by atoms with van der Waals surface area (Å²) in [5.41, 5.74) is 8.21. The number of hydrogen-bond donors (Lipinski definition) is 1. The summed E-state index contributed by atoms with van der Waals surface area (Å²) in [6.45, 7) is 8.24. The Kier molecular flexibility index (Phi) is 4.21. The molecule has 0 aliphatic carbocycles. The van der Waals surface area contributed by atoms with E-state index in [1.807, 2.05) is 6.92 Å². The quantitative estimate of drug-likeness (QED) is 0.803. The highest BCUT2D eigenvalue weighted by Crippen LogP contribution is 2.45. The van der Waals surface area contributed by atoms with Crippen LogP contribution in [0.5, 0.6) is 0 Å². The minimum Gasteiger partial charge on any atom is -0.319 e.